The second-order valence-electron chi connectivity index (χ2n) is 4.18. The van der Waals surface area contributed by atoms with Crippen molar-refractivity contribution in [1.82, 2.24) is 10.3 Å². The molecule has 0 aliphatic carbocycles. The van der Waals surface area contributed by atoms with Gasteiger partial charge in [-0.05, 0) is 30.3 Å². The maximum atomic E-state index is 5.87. The SMILES string of the molecule is CCNCc1cnccc1OCc1cccc(Br)c1. The topological polar surface area (TPSA) is 34.2 Å². The summed E-state index contributed by atoms with van der Waals surface area (Å²) in [5.74, 6) is 0.885. The van der Waals surface area contributed by atoms with Gasteiger partial charge in [-0.15, -0.1) is 0 Å². The third kappa shape index (κ3) is 4.33. The van der Waals surface area contributed by atoms with E-state index in [-0.39, 0.29) is 0 Å². The van der Waals surface area contributed by atoms with Gasteiger partial charge in [0.25, 0.3) is 0 Å². The number of ether oxygens (including phenoxy) is 1. The summed E-state index contributed by atoms with van der Waals surface area (Å²) in [7, 11) is 0. The summed E-state index contributed by atoms with van der Waals surface area (Å²) < 4.78 is 6.94. The van der Waals surface area contributed by atoms with Crippen LogP contribution in [0.25, 0.3) is 0 Å². The van der Waals surface area contributed by atoms with Crippen LogP contribution in [-0.4, -0.2) is 11.5 Å². The van der Waals surface area contributed by atoms with E-state index in [0.717, 1.165) is 34.4 Å². The zero-order valence-electron chi connectivity index (χ0n) is 10.9. The molecule has 1 aromatic heterocycles. The first kappa shape index (κ1) is 14.0. The highest BCUT2D eigenvalue weighted by molar-refractivity contribution is 9.10. The molecule has 2 aromatic rings. The van der Waals surface area contributed by atoms with Crippen molar-refractivity contribution in [2.45, 2.75) is 20.1 Å². The van der Waals surface area contributed by atoms with Gasteiger partial charge in [0.1, 0.15) is 12.4 Å². The quantitative estimate of drug-likeness (QED) is 0.884. The number of halogens is 1. The minimum absolute atomic E-state index is 0.558. The first-order chi connectivity index (χ1) is 9.29. The molecule has 1 aromatic carbocycles. The van der Waals surface area contributed by atoms with Crippen molar-refractivity contribution in [3.63, 3.8) is 0 Å². The van der Waals surface area contributed by atoms with E-state index in [1.54, 1.807) is 6.20 Å². The maximum absolute atomic E-state index is 5.87. The van der Waals surface area contributed by atoms with Crippen LogP contribution in [0.1, 0.15) is 18.1 Å². The number of rotatable bonds is 6. The summed E-state index contributed by atoms with van der Waals surface area (Å²) in [4.78, 5) is 4.14. The number of nitrogens with one attached hydrogen (secondary N) is 1. The van der Waals surface area contributed by atoms with E-state index < -0.39 is 0 Å². The first-order valence-corrected chi connectivity index (χ1v) is 7.09. The molecule has 0 radical (unpaired) electrons. The van der Waals surface area contributed by atoms with Crippen LogP contribution in [0.3, 0.4) is 0 Å². The first-order valence-electron chi connectivity index (χ1n) is 6.30. The second-order valence-corrected chi connectivity index (χ2v) is 5.10. The lowest BCUT2D eigenvalue weighted by atomic mass is 10.2. The van der Waals surface area contributed by atoms with Gasteiger partial charge in [0, 0.05) is 29.0 Å². The molecule has 0 aliphatic rings. The van der Waals surface area contributed by atoms with E-state index >= 15 is 0 Å². The molecule has 100 valence electrons. The fraction of sp³-hybridized carbons (Fsp3) is 0.267. The predicted molar refractivity (Wildman–Crippen MR) is 80.1 cm³/mol. The third-order valence-electron chi connectivity index (χ3n) is 2.71. The van der Waals surface area contributed by atoms with Crippen LogP contribution in [-0.2, 0) is 13.2 Å². The van der Waals surface area contributed by atoms with E-state index in [4.69, 9.17) is 4.74 Å². The Labute approximate surface area is 122 Å². The van der Waals surface area contributed by atoms with Crippen molar-refractivity contribution in [1.29, 1.82) is 0 Å². The van der Waals surface area contributed by atoms with Crippen LogP contribution in [0.15, 0.2) is 47.2 Å². The summed E-state index contributed by atoms with van der Waals surface area (Å²) in [5.41, 5.74) is 2.22. The Morgan fingerprint density at radius 1 is 1.32 bits per heavy atom. The Morgan fingerprint density at radius 3 is 3.00 bits per heavy atom. The lowest BCUT2D eigenvalue weighted by Crippen LogP contribution is -2.13. The largest absolute Gasteiger partial charge is 0.488 e. The van der Waals surface area contributed by atoms with Crippen molar-refractivity contribution >= 4 is 15.9 Å². The van der Waals surface area contributed by atoms with Gasteiger partial charge in [0.2, 0.25) is 0 Å². The summed E-state index contributed by atoms with van der Waals surface area (Å²) in [6.07, 6.45) is 3.60. The fourth-order valence-electron chi connectivity index (χ4n) is 1.74. The third-order valence-corrected chi connectivity index (χ3v) is 3.20. The van der Waals surface area contributed by atoms with E-state index in [0.29, 0.717) is 6.61 Å². The molecular weight excluding hydrogens is 304 g/mol. The highest BCUT2D eigenvalue weighted by Gasteiger charge is 2.03. The van der Waals surface area contributed by atoms with Gasteiger partial charge >= 0.3 is 0 Å². The lowest BCUT2D eigenvalue weighted by Gasteiger charge is -2.11. The molecular formula is C15H17BrN2O. The molecule has 0 bridgehead atoms. The zero-order valence-corrected chi connectivity index (χ0v) is 12.5. The van der Waals surface area contributed by atoms with Crippen molar-refractivity contribution in [2.75, 3.05) is 6.54 Å². The van der Waals surface area contributed by atoms with Gasteiger partial charge in [-0.3, -0.25) is 4.98 Å². The molecule has 0 atom stereocenters. The molecule has 19 heavy (non-hydrogen) atoms. The highest BCUT2D eigenvalue weighted by atomic mass is 79.9. The summed E-state index contributed by atoms with van der Waals surface area (Å²) in [6.45, 7) is 4.35. The monoisotopic (exact) mass is 320 g/mol. The minimum atomic E-state index is 0.558. The Hall–Kier alpha value is -1.39. The molecule has 2 rings (SSSR count). The molecule has 0 amide bonds. The van der Waals surface area contributed by atoms with Gasteiger partial charge < -0.3 is 10.1 Å². The molecule has 0 saturated heterocycles. The minimum Gasteiger partial charge on any atom is -0.488 e. The average Bonchev–Trinajstić information content (AvgIpc) is 2.44. The lowest BCUT2D eigenvalue weighted by molar-refractivity contribution is 0.301. The summed E-state index contributed by atoms with van der Waals surface area (Å²) in [5, 5.41) is 3.28. The molecule has 1 N–H and O–H groups in total. The number of benzene rings is 1. The van der Waals surface area contributed by atoms with Crippen molar-refractivity contribution in [3.05, 3.63) is 58.3 Å². The molecule has 0 fully saturated rings. The smallest absolute Gasteiger partial charge is 0.127 e. The molecule has 0 saturated carbocycles. The van der Waals surface area contributed by atoms with Crippen LogP contribution < -0.4 is 10.1 Å². The van der Waals surface area contributed by atoms with Gasteiger partial charge in [-0.1, -0.05) is 35.0 Å². The van der Waals surface area contributed by atoms with Crippen molar-refractivity contribution in [3.8, 4) is 5.75 Å². The summed E-state index contributed by atoms with van der Waals surface area (Å²) >= 11 is 3.46. The fourth-order valence-corrected chi connectivity index (χ4v) is 2.18. The van der Waals surface area contributed by atoms with E-state index in [2.05, 4.69) is 45.3 Å². The van der Waals surface area contributed by atoms with Gasteiger partial charge in [-0.25, -0.2) is 0 Å². The zero-order chi connectivity index (χ0) is 13.5. The molecule has 0 spiro atoms. The van der Waals surface area contributed by atoms with Crippen LogP contribution >= 0.6 is 15.9 Å². The molecule has 0 aliphatic heterocycles. The molecule has 4 heteroatoms. The van der Waals surface area contributed by atoms with Crippen molar-refractivity contribution in [2.24, 2.45) is 0 Å². The predicted octanol–water partition coefficient (Wildman–Crippen LogP) is 3.53. The van der Waals surface area contributed by atoms with E-state index in [1.807, 2.05) is 24.4 Å². The van der Waals surface area contributed by atoms with E-state index in [1.165, 1.54) is 0 Å². The molecule has 1 heterocycles. The van der Waals surface area contributed by atoms with Crippen LogP contribution in [0.5, 0.6) is 5.75 Å². The average molecular weight is 321 g/mol. The van der Waals surface area contributed by atoms with Gasteiger partial charge in [0.15, 0.2) is 0 Å². The van der Waals surface area contributed by atoms with Crippen LogP contribution in [0.2, 0.25) is 0 Å². The number of hydrogen-bond acceptors (Lipinski definition) is 3. The second kappa shape index (κ2) is 7.26. The number of hydrogen-bond donors (Lipinski definition) is 1. The number of nitrogens with zero attached hydrogens (tertiary/aromatic N) is 1. The molecule has 0 unspecified atom stereocenters. The number of pyridine rings is 1. The van der Waals surface area contributed by atoms with Gasteiger partial charge in [0.05, 0.1) is 0 Å². The number of aromatic nitrogens is 1. The highest BCUT2D eigenvalue weighted by Crippen LogP contribution is 2.19. The van der Waals surface area contributed by atoms with Gasteiger partial charge in [-0.2, -0.15) is 0 Å². The maximum Gasteiger partial charge on any atom is 0.127 e. The summed E-state index contributed by atoms with van der Waals surface area (Å²) in [6, 6.07) is 10.0. The van der Waals surface area contributed by atoms with Crippen LogP contribution in [0, 0.1) is 0 Å². The Balaban J connectivity index is 2.02. The normalized spacial score (nSPS) is 10.4. The van der Waals surface area contributed by atoms with Crippen molar-refractivity contribution < 1.29 is 4.74 Å². The Kier molecular flexibility index (Phi) is 5.36. The standard InChI is InChI=1S/C15H17BrN2O/c1-2-17-9-13-10-18-7-6-15(13)19-11-12-4-3-5-14(16)8-12/h3-8,10,17H,2,9,11H2,1H3. The Morgan fingerprint density at radius 2 is 2.21 bits per heavy atom. The molecule has 3 nitrogen and oxygen atoms in total. The van der Waals surface area contributed by atoms with E-state index in [9.17, 15) is 0 Å². The van der Waals surface area contributed by atoms with Crippen LogP contribution in [0.4, 0.5) is 0 Å². The Bertz CT molecular complexity index is 531.